The minimum absolute atomic E-state index is 1.06. The zero-order valence-electron chi connectivity index (χ0n) is 9.14. The Balaban J connectivity index is 0. The minimum atomic E-state index is 1.06. The summed E-state index contributed by atoms with van der Waals surface area (Å²) in [6.07, 6.45) is 1.06. The lowest BCUT2D eigenvalue weighted by Gasteiger charge is -1.85. The van der Waals surface area contributed by atoms with Gasteiger partial charge in [-0.3, -0.25) is 0 Å². The molecule has 0 radical (unpaired) electrons. The quantitative estimate of drug-likeness (QED) is 0.646. The first-order valence-electron chi connectivity index (χ1n) is 4.74. The molecule has 0 spiro atoms. The van der Waals surface area contributed by atoms with Crippen LogP contribution in [0.5, 0.6) is 0 Å². The fourth-order valence-corrected chi connectivity index (χ4v) is 1.40. The van der Waals surface area contributed by atoms with Gasteiger partial charge >= 0.3 is 0 Å². The van der Waals surface area contributed by atoms with Crippen molar-refractivity contribution in [2.45, 2.75) is 48.0 Å². The zero-order valence-corrected chi connectivity index (χ0v) is 9.96. The molecule has 1 aromatic rings. The van der Waals surface area contributed by atoms with E-state index in [0.717, 1.165) is 6.42 Å². The smallest absolute Gasteiger partial charge is 0.0568 e. The van der Waals surface area contributed by atoms with Gasteiger partial charge in [0.05, 0.1) is 5.69 Å². The average Bonchev–Trinajstić information content (AvgIpc) is 2.58. The van der Waals surface area contributed by atoms with Crippen LogP contribution in [-0.4, -0.2) is 4.37 Å². The van der Waals surface area contributed by atoms with E-state index in [4.69, 9.17) is 0 Å². The number of rotatable bonds is 1. The van der Waals surface area contributed by atoms with Crippen molar-refractivity contribution < 1.29 is 0 Å². The Morgan fingerprint density at radius 2 is 1.75 bits per heavy atom. The van der Waals surface area contributed by atoms with Crippen molar-refractivity contribution in [3.05, 3.63) is 16.6 Å². The van der Waals surface area contributed by atoms with E-state index in [0.29, 0.717) is 0 Å². The van der Waals surface area contributed by atoms with Crippen molar-refractivity contribution in [3.8, 4) is 0 Å². The summed E-state index contributed by atoms with van der Waals surface area (Å²) in [4.78, 5) is 0. The lowest BCUT2D eigenvalue weighted by atomic mass is 10.2. The second kappa shape index (κ2) is 10.6. The summed E-state index contributed by atoms with van der Waals surface area (Å²) in [6, 6.07) is 0. The van der Waals surface area contributed by atoms with Crippen LogP contribution in [0.2, 0.25) is 0 Å². The van der Waals surface area contributed by atoms with Crippen LogP contribution in [0, 0.1) is 6.92 Å². The molecule has 72 valence electrons. The standard InChI is InChI=1S/C6H9NS.2C2H6/c1-3-6-5(2)4-8-7-6;2*1-2/h4H,3H2,1-2H3;2*1-2H3. The van der Waals surface area contributed by atoms with Crippen LogP contribution in [-0.2, 0) is 6.42 Å². The predicted molar refractivity (Wildman–Crippen MR) is 58.9 cm³/mol. The highest BCUT2D eigenvalue weighted by Gasteiger charge is 1.94. The van der Waals surface area contributed by atoms with Crippen LogP contribution in [0.25, 0.3) is 0 Å². The molecule has 12 heavy (non-hydrogen) atoms. The highest BCUT2D eigenvalue weighted by atomic mass is 32.1. The minimum Gasteiger partial charge on any atom is -0.197 e. The molecule has 0 bridgehead atoms. The van der Waals surface area contributed by atoms with Gasteiger partial charge in [-0.25, -0.2) is 0 Å². The molecule has 1 heterocycles. The van der Waals surface area contributed by atoms with Crippen LogP contribution in [0.15, 0.2) is 5.38 Å². The van der Waals surface area contributed by atoms with Crippen molar-refractivity contribution in [2.24, 2.45) is 0 Å². The Labute approximate surface area is 81.0 Å². The van der Waals surface area contributed by atoms with Gasteiger partial charge in [0, 0.05) is 5.38 Å². The number of hydrogen-bond donors (Lipinski definition) is 0. The molecule has 0 atom stereocenters. The lowest BCUT2D eigenvalue weighted by Crippen LogP contribution is -1.79. The number of aryl methyl sites for hydroxylation is 2. The highest BCUT2D eigenvalue weighted by molar-refractivity contribution is 7.03. The van der Waals surface area contributed by atoms with Gasteiger partial charge in [0.1, 0.15) is 0 Å². The molecular weight excluding hydrogens is 166 g/mol. The molecule has 0 unspecified atom stereocenters. The van der Waals surface area contributed by atoms with Crippen molar-refractivity contribution >= 4 is 11.5 Å². The molecule has 0 fully saturated rings. The van der Waals surface area contributed by atoms with Gasteiger partial charge in [0.15, 0.2) is 0 Å². The Bertz CT molecular complexity index is 170. The predicted octanol–water partition coefficient (Wildman–Crippen LogP) is 4.07. The lowest BCUT2D eigenvalue weighted by molar-refractivity contribution is 1.06. The third-order valence-electron chi connectivity index (χ3n) is 1.18. The molecular formula is C10H21NS. The summed E-state index contributed by atoms with van der Waals surface area (Å²) >= 11 is 1.54. The van der Waals surface area contributed by atoms with Gasteiger partial charge in [0.25, 0.3) is 0 Å². The van der Waals surface area contributed by atoms with Gasteiger partial charge in [-0.1, -0.05) is 34.6 Å². The fraction of sp³-hybridized carbons (Fsp3) is 0.700. The van der Waals surface area contributed by atoms with Gasteiger partial charge in [-0.15, -0.1) is 0 Å². The van der Waals surface area contributed by atoms with E-state index >= 15 is 0 Å². The maximum absolute atomic E-state index is 4.18. The molecule has 0 N–H and O–H groups in total. The van der Waals surface area contributed by atoms with Crippen molar-refractivity contribution in [1.29, 1.82) is 0 Å². The first kappa shape index (κ1) is 14.2. The second-order valence-corrected chi connectivity index (χ2v) is 2.43. The largest absolute Gasteiger partial charge is 0.197 e. The Morgan fingerprint density at radius 1 is 1.25 bits per heavy atom. The van der Waals surface area contributed by atoms with E-state index in [1.807, 2.05) is 27.7 Å². The molecule has 0 aliphatic heterocycles. The van der Waals surface area contributed by atoms with E-state index in [-0.39, 0.29) is 0 Å². The second-order valence-electron chi connectivity index (χ2n) is 1.80. The summed E-state index contributed by atoms with van der Waals surface area (Å²) in [5, 5.41) is 2.08. The van der Waals surface area contributed by atoms with Gasteiger partial charge < -0.3 is 0 Å². The maximum atomic E-state index is 4.18. The van der Waals surface area contributed by atoms with E-state index < -0.39 is 0 Å². The Kier molecular flexibility index (Phi) is 12.6. The third kappa shape index (κ3) is 5.30. The maximum Gasteiger partial charge on any atom is 0.0568 e. The van der Waals surface area contributed by atoms with Crippen LogP contribution in [0.3, 0.4) is 0 Å². The number of aromatic nitrogens is 1. The molecule has 0 saturated carbocycles. The van der Waals surface area contributed by atoms with E-state index in [1.54, 1.807) is 11.5 Å². The molecule has 0 aliphatic rings. The van der Waals surface area contributed by atoms with E-state index in [1.165, 1.54) is 11.3 Å². The summed E-state index contributed by atoms with van der Waals surface area (Å²) in [6.45, 7) is 12.2. The van der Waals surface area contributed by atoms with Gasteiger partial charge in [-0.05, 0) is 30.4 Å². The first-order valence-corrected chi connectivity index (χ1v) is 5.58. The molecule has 0 aliphatic carbocycles. The van der Waals surface area contributed by atoms with Gasteiger partial charge in [0.2, 0.25) is 0 Å². The Morgan fingerprint density at radius 3 is 1.92 bits per heavy atom. The van der Waals surface area contributed by atoms with E-state index in [9.17, 15) is 0 Å². The van der Waals surface area contributed by atoms with Crippen molar-refractivity contribution in [2.75, 3.05) is 0 Å². The average molecular weight is 187 g/mol. The van der Waals surface area contributed by atoms with Crippen molar-refractivity contribution in [3.63, 3.8) is 0 Å². The van der Waals surface area contributed by atoms with Crippen LogP contribution in [0.1, 0.15) is 45.9 Å². The SMILES string of the molecule is CC.CC.CCc1nscc1C. The summed E-state index contributed by atoms with van der Waals surface area (Å²) in [7, 11) is 0. The molecule has 1 rings (SSSR count). The summed E-state index contributed by atoms with van der Waals surface area (Å²) in [5.74, 6) is 0. The molecule has 1 nitrogen and oxygen atoms in total. The highest BCUT2D eigenvalue weighted by Crippen LogP contribution is 2.07. The topological polar surface area (TPSA) is 12.9 Å². The van der Waals surface area contributed by atoms with Crippen LogP contribution in [0.4, 0.5) is 0 Å². The molecule has 0 aromatic carbocycles. The molecule has 0 saturated heterocycles. The number of nitrogens with zero attached hydrogens (tertiary/aromatic N) is 1. The summed E-state index contributed by atoms with van der Waals surface area (Å²) in [5.41, 5.74) is 2.58. The fourth-order valence-electron chi connectivity index (χ4n) is 0.652. The summed E-state index contributed by atoms with van der Waals surface area (Å²) < 4.78 is 4.18. The van der Waals surface area contributed by atoms with E-state index in [2.05, 4.69) is 23.6 Å². The molecule has 1 aromatic heterocycles. The van der Waals surface area contributed by atoms with Crippen LogP contribution >= 0.6 is 11.5 Å². The zero-order chi connectivity index (χ0) is 9.98. The molecule has 2 heteroatoms. The van der Waals surface area contributed by atoms with Crippen molar-refractivity contribution in [1.82, 2.24) is 4.37 Å². The van der Waals surface area contributed by atoms with Crippen LogP contribution < -0.4 is 0 Å². The number of hydrogen-bond acceptors (Lipinski definition) is 2. The molecule has 0 amide bonds. The third-order valence-corrected chi connectivity index (χ3v) is 1.97. The normalized spacial score (nSPS) is 7.50. The monoisotopic (exact) mass is 187 g/mol. The first-order chi connectivity index (χ1) is 5.84. The van der Waals surface area contributed by atoms with Gasteiger partial charge in [-0.2, -0.15) is 4.37 Å². The Hall–Kier alpha value is -0.370.